The molecule has 0 radical (unpaired) electrons. The van der Waals surface area contributed by atoms with Gasteiger partial charge in [0.05, 0.1) is 27.9 Å². The Morgan fingerprint density at radius 1 is 0.842 bits per heavy atom. The summed E-state index contributed by atoms with van der Waals surface area (Å²) in [5.74, 6) is -0.594. The summed E-state index contributed by atoms with van der Waals surface area (Å²) in [7, 11) is 0. The number of thiocarbonyl (C=S) groups is 1. The first-order valence-corrected chi connectivity index (χ1v) is 9.22. The van der Waals surface area contributed by atoms with Crippen molar-refractivity contribution in [1.29, 1.82) is 0 Å². The number of allylic oxidation sites excluding steroid dienone is 1. The van der Waals surface area contributed by atoms with Gasteiger partial charge in [0.1, 0.15) is 0 Å². The second-order valence-electron chi connectivity index (χ2n) is 6.45. The minimum Gasteiger partial charge on any atom is -1.00 e. The van der Waals surface area contributed by atoms with Crippen LogP contribution in [0.3, 0.4) is 0 Å². The molecule has 0 unspecified atom stereocenters. The van der Waals surface area contributed by atoms with Crippen molar-refractivity contribution in [2.45, 2.75) is 13.8 Å². The number of benzene rings is 2. The van der Waals surface area contributed by atoms with Crippen LogP contribution in [0.5, 0.6) is 0 Å². The number of nitrogens with one attached hydrogen (secondary N) is 1. The van der Waals surface area contributed by atoms with Crippen LogP contribution in [0.25, 0.3) is 11.1 Å². The normalized spacial score (nSPS) is 13.1. The number of nitrogens with zero attached hydrogens (tertiary/aromatic N) is 4. The van der Waals surface area contributed by atoms with Gasteiger partial charge in [0, 0.05) is 16.5 Å². The Balaban J connectivity index is -0.000000284. The number of anilines is 1. The summed E-state index contributed by atoms with van der Waals surface area (Å²) < 4.78 is 0. The van der Waals surface area contributed by atoms with Crippen molar-refractivity contribution in [3.63, 3.8) is 0 Å². The third-order valence-corrected chi connectivity index (χ3v) is 4.73. The van der Waals surface area contributed by atoms with Gasteiger partial charge in [-0.05, 0) is 38.2 Å². The van der Waals surface area contributed by atoms with Crippen LogP contribution in [0, 0.1) is 0 Å². The van der Waals surface area contributed by atoms with Gasteiger partial charge in [0.15, 0.2) is 0 Å². The van der Waals surface area contributed by atoms with E-state index in [1.165, 1.54) is 0 Å². The summed E-state index contributed by atoms with van der Waals surface area (Å²) in [6.45, 7) is 3.36. The first-order chi connectivity index (χ1) is 14.0. The summed E-state index contributed by atoms with van der Waals surface area (Å²) in [6, 6.07) is 14.6. The molecule has 0 aliphatic carbocycles. The first-order valence-electron chi connectivity index (χ1n) is 8.81. The third kappa shape index (κ3) is 10.2. The number of halogens is 4. The van der Waals surface area contributed by atoms with E-state index >= 15 is 0 Å². The molecular weight excluding hydrogens is 694 g/mol. The van der Waals surface area contributed by atoms with Crippen molar-refractivity contribution in [3.05, 3.63) is 70.4 Å². The van der Waals surface area contributed by atoms with Crippen molar-refractivity contribution in [3.8, 4) is 0 Å². The smallest absolute Gasteiger partial charge is 1.00 e. The van der Waals surface area contributed by atoms with Crippen molar-refractivity contribution in [2.75, 3.05) is 5.32 Å². The number of para-hydroxylation sites is 2. The Hall–Kier alpha value is -1.62. The van der Waals surface area contributed by atoms with Crippen LogP contribution in [0.4, 0.5) is 5.69 Å². The van der Waals surface area contributed by atoms with Crippen LogP contribution in [0.1, 0.15) is 19.4 Å². The Kier molecular flexibility index (Phi) is 27.6. The number of carbonyl (C=O) groups excluding carboxylic acids is 2. The van der Waals surface area contributed by atoms with E-state index in [1.807, 2.05) is 42.5 Å². The molecule has 2 aromatic rings. The molecule has 2 heterocycles. The van der Waals surface area contributed by atoms with Gasteiger partial charge in [-0.15, -0.1) is 5.11 Å². The van der Waals surface area contributed by atoms with E-state index in [0.717, 1.165) is 16.5 Å². The second kappa shape index (κ2) is 21.2. The Labute approximate surface area is 268 Å². The largest absolute Gasteiger partial charge is 2.00 e. The van der Waals surface area contributed by atoms with Crippen molar-refractivity contribution in [2.24, 2.45) is 20.2 Å². The van der Waals surface area contributed by atoms with Gasteiger partial charge in [-0.2, -0.15) is 5.11 Å². The van der Waals surface area contributed by atoms with Crippen molar-refractivity contribution < 1.29 is 109 Å². The van der Waals surface area contributed by atoms with Crippen LogP contribution in [-0.4, -0.2) is 39.1 Å². The quantitative estimate of drug-likeness (QED) is 0.107. The minimum atomic E-state index is -0.357. The van der Waals surface area contributed by atoms with Gasteiger partial charge in [0.2, 0.25) is 5.11 Å². The number of amides is 2. The Morgan fingerprint density at radius 3 is 2.03 bits per heavy atom. The monoisotopic (exact) mass is 711 g/mol. The standard InChI is InChI=1S/C21H15N5O2S.4ClH.2Ni.3H2O/c1-11(17-13-7-3-5-9-15(13)23-19(17)27)22-21(29)26-25-12(2)18-14-8-4-6-10-16(14)24-20(18)28;;;;;;;;;/h3-10H,1-2H3,(H,24,28);4*1H;;;3*1H2/q;;;;;2*+2;;;/p-4/b18-12-,22-11+,26-25?;;;;;;;;;. The van der Waals surface area contributed by atoms with Gasteiger partial charge in [-0.25, -0.2) is 9.98 Å². The number of rotatable bonds is 2. The average molecular weight is 715 g/mol. The molecule has 2 aromatic carbocycles. The zero-order chi connectivity index (χ0) is 20.5. The fourth-order valence-corrected chi connectivity index (χ4v) is 3.46. The van der Waals surface area contributed by atoms with E-state index in [9.17, 15) is 9.59 Å². The summed E-state index contributed by atoms with van der Waals surface area (Å²) in [5, 5.41) is 12.1. The van der Waals surface area contributed by atoms with Crippen LogP contribution >= 0.6 is 12.2 Å². The molecule has 0 aromatic heterocycles. The molecule has 2 amide bonds. The SMILES string of the molecule is C/C(N=NC(=S)/N=C(\C)C1=c2ccccc2=NC1=O)=C1/C(=O)Nc2ccccc21.O.O.O.[Cl-].[Cl-].[Cl-].[Cl-].[Ni+2].[Ni+2]. The zero-order valence-electron chi connectivity index (χ0n) is 19.3. The van der Waals surface area contributed by atoms with Crippen LogP contribution < -0.4 is 65.5 Å². The molecule has 2 aliphatic heterocycles. The van der Waals surface area contributed by atoms with Crippen molar-refractivity contribution >= 4 is 51.7 Å². The molecule has 214 valence electrons. The minimum absolute atomic E-state index is 0. The van der Waals surface area contributed by atoms with Crippen LogP contribution in [-0.2, 0) is 42.6 Å². The predicted octanol–water partition coefficient (Wildman–Crippen LogP) is -11.9. The fourth-order valence-electron chi connectivity index (χ4n) is 3.28. The first kappa shape index (κ1) is 49.3. The Morgan fingerprint density at radius 2 is 1.39 bits per heavy atom. The molecular formula is C21H21Cl4N5Ni2O5S. The number of carbonyl (C=O) groups is 2. The zero-order valence-corrected chi connectivity index (χ0v) is 25.1. The van der Waals surface area contributed by atoms with Gasteiger partial charge in [-0.1, -0.05) is 36.4 Å². The molecule has 0 fully saturated rings. The number of hydrogen-bond donors (Lipinski definition) is 1. The van der Waals surface area contributed by atoms with E-state index in [1.54, 1.807) is 19.9 Å². The van der Waals surface area contributed by atoms with Crippen molar-refractivity contribution in [1.82, 2.24) is 0 Å². The van der Waals surface area contributed by atoms with Gasteiger partial charge in [0.25, 0.3) is 11.8 Å². The van der Waals surface area contributed by atoms with E-state index in [0.29, 0.717) is 27.9 Å². The average Bonchev–Trinajstić information content (AvgIpc) is 3.21. The molecule has 0 spiro atoms. The summed E-state index contributed by atoms with van der Waals surface area (Å²) in [6.07, 6.45) is 0. The fraction of sp³-hybridized carbons (Fsp3) is 0.0952. The summed E-state index contributed by atoms with van der Waals surface area (Å²) >= 11 is 5.18. The molecule has 17 heteroatoms. The summed E-state index contributed by atoms with van der Waals surface area (Å²) in [5.41, 5.74) is 3.19. The summed E-state index contributed by atoms with van der Waals surface area (Å²) in [4.78, 5) is 32.7. The second-order valence-corrected chi connectivity index (χ2v) is 6.81. The van der Waals surface area contributed by atoms with Gasteiger partial charge < -0.3 is 71.4 Å². The molecule has 4 rings (SSSR count). The molecule has 38 heavy (non-hydrogen) atoms. The molecule has 0 atom stereocenters. The molecule has 2 aliphatic rings. The number of fused-ring (bicyclic) bond motifs is 2. The predicted molar refractivity (Wildman–Crippen MR) is 125 cm³/mol. The van der Waals surface area contributed by atoms with E-state index in [4.69, 9.17) is 12.2 Å². The molecule has 7 N–H and O–H groups in total. The van der Waals surface area contributed by atoms with Gasteiger partial charge in [-0.3, -0.25) is 9.59 Å². The number of aliphatic imine (C=N–C) groups is 1. The van der Waals surface area contributed by atoms with Gasteiger partial charge >= 0.3 is 33.0 Å². The number of hydrogen-bond acceptors (Lipinski definition) is 4. The maximum absolute atomic E-state index is 12.2. The van der Waals surface area contributed by atoms with Crippen LogP contribution in [0.15, 0.2) is 74.4 Å². The maximum Gasteiger partial charge on any atom is 2.00 e. The molecule has 0 saturated carbocycles. The number of azo groups is 1. The van der Waals surface area contributed by atoms with E-state index < -0.39 is 0 Å². The van der Waals surface area contributed by atoms with E-state index in [2.05, 4.69) is 25.5 Å². The maximum atomic E-state index is 12.2. The Bertz CT molecular complexity index is 1340. The molecule has 0 saturated heterocycles. The third-order valence-electron chi connectivity index (χ3n) is 4.55. The van der Waals surface area contributed by atoms with Crippen LogP contribution in [0.2, 0.25) is 0 Å². The molecule has 0 bridgehead atoms. The molecule has 10 nitrogen and oxygen atoms in total. The topological polar surface area (TPSA) is 190 Å². The van der Waals surface area contributed by atoms with E-state index in [-0.39, 0.29) is 116 Å².